The first kappa shape index (κ1) is 15.2. The van der Waals surface area contributed by atoms with Crippen LogP contribution in [0, 0.1) is 11.8 Å². The molecule has 1 saturated heterocycles. The molecule has 1 amide bonds. The van der Waals surface area contributed by atoms with E-state index in [-0.39, 0.29) is 5.91 Å². The Balaban J connectivity index is 1.33. The molecule has 1 heterocycles. The van der Waals surface area contributed by atoms with E-state index in [0.29, 0.717) is 5.92 Å². The van der Waals surface area contributed by atoms with Crippen LogP contribution in [0.5, 0.6) is 0 Å². The van der Waals surface area contributed by atoms with Gasteiger partial charge in [0, 0.05) is 37.8 Å². The second kappa shape index (κ2) is 6.64. The van der Waals surface area contributed by atoms with Gasteiger partial charge in [-0.05, 0) is 56.1 Å². The van der Waals surface area contributed by atoms with Crippen LogP contribution in [0.25, 0.3) is 0 Å². The average Bonchev–Trinajstić information content (AvgIpc) is 3.21. The van der Waals surface area contributed by atoms with Crippen LogP contribution in [0.4, 0.5) is 0 Å². The van der Waals surface area contributed by atoms with Gasteiger partial charge in [-0.15, -0.1) is 0 Å². The number of hydrogen-bond acceptors (Lipinski definition) is 2. The lowest BCUT2D eigenvalue weighted by atomic mass is 9.90. The van der Waals surface area contributed by atoms with E-state index in [1.54, 1.807) is 0 Å². The van der Waals surface area contributed by atoms with E-state index in [2.05, 4.69) is 9.80 Å². The van der Waals surface area contributed by atoms with Gasteiger partial charge in [0.05, 0.1) is 0 Å². The Kier molecular flexibility index (Phi) is 4.39. The normalized spacial score (nSPS) is 24.9. The van der Waals surface area contributed by atoms with Gasteiger partial charge >= 0.3 is 0 Å². The number of carbonyl (C=O) groups excluding carboxylic acids is 1. The molecule has 0 bridgehead atoms. The molecular weight excluding hydrogens is 284 g/mol. The van der Waals surface area contributed by atoms with E-state index in [1.807, 2.05) is 30.3 Å². The highest BCUT2D eigenvalue weighted by molar-refractivity contribution is 5.94. The molecule has 0 spiro atoms. The predicted octanol–water partition coefficient (Wildman–Crippen LogP) is 3.41. The van der Waals surface area contributed by atoms with Gasteiger partial charge in [-0.2, -0.15) is 0 Å². The predicted molar refractivity (Wildman–Crippen MR) is 92.4 cm³/mol. The number of nitrogens with zero attached hydrogens (tertiary/aromatic N) is 2. The summed E-state index contributed by atoms with van der Waals surface area (Å²) in [6.07, 6.45) is 8.25. The zero-order valence-corrected chi connectivity index (χ0v) is 14.0. The van der Waals surface area contributed by atoms with Crippen LogP contribution in [-0.2, 0) is 0 Å². The fourth-order valence-electron chi connectivity index (χ4n) is 4.02. The van der Waals surface area contributed by atoms with Crippen LogP contribution >= 0.6 is 0 Å². The lowest BCUT2D eigenvalue weighted by Gasteiger charge is -2.39. The highest BCUT2D eigenvalue weighted by Crippen LogP contribution is 2.34. The summed E-state index contributed by atoms with van der Waals surface area (Å²) >= 11 is 0. The minimum absolute atomic E-state index is 0.213. The molecule has 124 valence electrons. The van der Waals surface area contributed by atoms with E-state index in [0.717, 1.165) is 30.6 Å². The minimum Gasteiger partial charge on any atom is -0.338 e. The van der Waals surface area contributed by atoms with Crippen LogP contribution in [0.15, 0.2) is 30.3 Å². The third kappa shape index (κ3) is 3.60. The number of amides is 1. The molecule has 23 heavy (non-hydrogen) atoms. The van der Waals surface area contributed by atoms with Crippen molar-refractivity contribution in [2.75, 3.05) is 26.2 Å². The monoisotopic (exact) mass is 312 g/mol. The van der Waals surface area contributed by atoms with Gasteiger partial charge in [0.25, 0.3) is 5.91 Å². The lowest BCUT2D eigenvalue weighted by molar-refractivity contribution is 0.0766. The average molecular weight is 312 g/mol. The van der Waals surface area contributed by atoms with Gasteiger partial charge in [-0.1, -0.05) is 24.6 Å². The smallest absolute Gasteiger partial charge is 0.253 e. The van der Waals surface area contributed by atoms with Crippen molar-refractivity contribution in [3.63, 3.8) is 0 Å². The van der Waals surface area contributed by atoms with Crippen molar-refractivity contribution in [3.8, 4) is 0 Å². The summed E-state index contributed by atoms with van der Waals surface area (Å²) in [5, 5.41) is 0. The Morgan fingerprint density at radius 1 is 1.00 bits per heavy atom. The molecule has 1 atom stereocenters. The van der Waals surface area contributed by atoms with Crippen molar-refractivity contribution < 1.29 is 4.79 Å². The summed E-state index contributed by atoms with van der Waals surface area (Å²) in [6, 6.07) is 10.6. The molecule has 0 N–H and O–H groups in total. The second-order valence-electron chi connectivity index (χ2n) is 7.75. The molecule has 2 aliphatic carbocycles. The molecule has 3 aliphatic rings. The van der Waals surface area contributed by atoms with E-state index in [1.165, 1.54) is 51.6 Å². The van der Waals surface area contributed by atoms with Crippen LogP contribution in [0.2, 0.25) is 0 Å². The zero-order chi connectivity index (χ0) is 15.6. The maximum atomic E-state index is 12.6. The van der Waals surface area contributed by atoms with Crippen molar-refractivity contribution in [2.45, 2.75) is 44.6 Å². The number of likely N-dealkylation sites (tertiary alicyclic amines) is 1. The molecule has 1 aromatic rings. The van der Waals surface area contributed by atoms with Crippen LogP contribution in [0.3, 0.4) is 0 Å². The summed E-state index contributed by atoms with van der Waals surface area (Å²) < 4.78 is 0. The molecule has 4 rings (SSSR count). The van der Waals surface area contributed by atoms with Gasteiger partial charge < -0.3 is 4.90 Å². The van der Waals surface area contributed by atoms with Crippen molar-refractivity contribution in [1.29, 1.82) is 0 Å². The first-order valence-electron chi connectivity index (χ1n) is 9.38. The van der Waals surface area contributed by atoms with E-state index >= 15 is 0 Å². The molecule has 1 aliphatic heterocycles. The summed E-state index contributed by atoms with van der Waals surface area (Å²) in [4.78, 5) is 17.4. The third-order valence-corrected chi connectivity index (χ3v) is 5.87. The maximum absolute atomic E-state index is 12.6. The standard InChI is InChI=1S/C20H28N2O/c23-20(18-5-2-1-3-6-18)21-12-11-17(14-21)15-22(13-16-9-10-16)19-7-4-8-19/h1-3,5-6,16-17,19H,4,7-15H2/t17-/m0/s1. The molecule has 2 saturated carbocycles. The summed E-state index contributed by atoms with van der Waals surface area (Å²) in [5.41, 5.74) is 0.835. The fraction of sp³-hybridized carbons (Fsp3) is 0.650. The van der Waals surface area contributed by atoms with E-state index in [4.69, 9.17) is 0 Å². The van der Waals surface area contributed by atoms with Gasteiger partial charge in [0.2, 0.25) is 0 Å². The van der Waals surface area contributed by atoms with Gasteiger partial charge in [0.1, 0.15) is 0 Å². The van der Waals surface area contributed by atoms with Gasteiger partial charge in [0.15, 0.2) is 0 Å². The molecular formula is C20H28N2O. The second-order valence-corrected chi connectivity index (χ2v) is 7.75. The summed E-state index contributed by atoms with van der Waals surface area (Å²) in [5.74, 6) is 1.85. The summed E-state index contributed by atoms with van der Waals surface area (Å²) in [7, 11) is 0. The molecule has 1 aromatic carbocycles. The molecule has 0 unspecified atom stereocenters. The number of carbonyl (C=O) groups is 1. The van der Waals surface area contributed by atoms with Gasteiger partial charge in [-0.3, -0.25) is 9.69 Å². The number of benzene rings is 1. The maximum Gasteiger partial charge on any atom is 0.253 e. The van der Waals surface area contributed by atoms with Crippen molar-refractivity contribution in [1.82, 2.24) is 9.80 Å². The highest BCUT2D eigenvalue weighted by Gasteiger charge is 2.34. The number of hydrogen-bond donors (Lipinski definition) is 0. The largest absolute Gasteiger partial charge is 0.338 e. The Bertz CT molecular complexity index is 536. The Morgan fingerprint density at radius 3 is 2.39 bits per heavy atom. The van der Waals surface area contributed by atoms with Crippen molar-refractivity contribution in [3.05, 3.63) is 35.9 Å². The van der Waals surface area contributed by atoms with E-state index < -0.39 is 0 Å². The highest BCUT2D eigenvalue weighted by atomic mass is 16.2. The Morgan fingerprint density at radius 2 is 1.74 bits per heavy atom. The van der Waals surface area contributed by atoms with Crippen molar-refractivity contribution >= 4 is 5.91 Å². The topological polar surface area (TPSA) is 23.6 Å². The zero-order valence-electron chi connectivity index (χ0n) is 14.0. The van der Waals surface area contributed by atoms with Crippen molar-refractivity contribution in [2.24, 2.45) is 11.8 Å². The van der Waals surface area contributed by atoms with Gasteiger partial charge in [-0.25, -0.2) is 0 Å². The minimum atomic E-state index is 0.213. The lowest BCUT2D eigenvalue weighted by Crippen LogP contribution is -2.44. The molecule has 0 aromatic heterocycles. The first-order chi connectivity index (χ1) is 11.3. The van der Waals surface area contributed by atoms with Crippen LogP contribution in [0.1, 0.15) is 48.9 Å². The Hall–Kier alpha value is -1.35. The first-order valence-corrected chi connectivity index (χ1v) is 9.38. The third-order valence-electron chi connectivity index (χ3n) is 5.87. The fourth-order valence-corrected chi connectivity index (χ4v) is 4.02. The van der Waals surface area contributed by atoms with E-state index in [9.17, 15) is 4.79 Å². The van der Waals surface area contributed by atoms with Crippen LogP contribution in [-0.4, -0.2) is 47.9 Å². The molecule has 3 fully saturated rings. The Labute approximate surface area is 139 Å². The summed E-state index contributed by atoms with van der Waals surface area (Å²) in [6.45, 7) is 4.40. The molecule has 0 radical (unpaired) electrons. The molecule has 3 nitrogen and oxygen atoms in total. The quantitative estimate of drug-likeness (QED) is 0.803. The number of rotatable bonds is 6. The molecule has 3 heteroatoms. The van der Waals surface area contributed by atoms with Crippen LogP contribution < -0.4 is 0 Å². The SMILES string of the molecule is O=C(c1ccccc1)N1CC[C@H](CN(CC2CC2)C2CCC2)C1.